The minimum Gasteiger partial charge on any atom is -0.343 e. The average Bonchev–Trinajstić information content (AvgIpc) is 2.46. The van der Waals surface area contributed by atoms with Gasteiger partial charge in [-0.05, 0) is 24.3 Å². The number of aldehydes is 1. The van der Waals surface area contributed by atoms with Gasteiger partial charge in [0.25, 0.3) is 5.69 Å². The van der Waals surface area contributed by atoms with Crippen molar-refractivity contribution in [2.45, 2.75) is 9.79 Å². The maximum Gasteiger partial charge on any atom is 0.270 e. The maximum absolute atomic E-state index is 10.9. The third-order valence-electron chi connectivity index (χ3n) is 3.22. The van der Waals surface area contributed by atoms with E-state index in [4.69, 9.17) is 0 Å². The quantitative estimate of drug-likeness (QED) is 0.479. The first-order chi connectivity index (χ1) is 9.60. The third kappa shape index (κ3) is 1.94. The molecule has 0 spiro atoms. The van der Waals surface area contributed by atoms with Crippen LogP contribution < -0.4 is 4.90 Å². The van der Waals surface area contributed by atoms with E-state index in [9.17, 15) is 14.9 Å². The second-order valence-corrected chi connectivity index (χ2v) is 5.50. The standard InChI is InChI=1S/C14H10N2O3S/c1-15-11-4-2-9(8-17)6-13(11)20-14-7-10(16(18)19)3-5-12(14)15/h2-8H,1H3. The Morgan fingerprint density at radius 1 is 1.15 bits per heavy atom. The maximum atomic E-state index is 10.9. The van der Waals surface area contributed by atoms with Crippen molar-refractivity contribution in [2.75, 3.05) is 11.9 Å². The molecule has 1 aliphatic heterocycles. The summed E-state index contributed by atoms with van der Waals surface area (Å²) in [5.41, 5.74) is 2.58. The lowest BCUT2D eigenvalue weighted by atomic mass is 10.2. The fourth-order valence-electron chi connectivity index (χ4n) is 2.19. The molecular weight excluding hydrogens is 276 g/mol. The highest BCUT2D eigenvalue weighted by atomic mass is 32.2. The van der Waals surface area contributed by atoms with E-state index in [1.54, 1.807) is 24.3 Å². The van der Waals surface area contributed by atoms with Gasteiger partial charge in [0, 0.05) is 34.5 Å². The number of non-ortho nitro benzene ring substituents is 1. The molecule has 1 heterocycles. The summed E-state index contributed by atoms with van der Waals surface area (Å²) >= 11 is 1.44. The molecule has 0 unspecified atom stereocenters. The van der Waals surface area contributed by atoms with Crippen molar-refractivity contribution in [1.82, 2.24) is 0 Å². The predicted octanol–water partition coefficient (Wildman–Crippen LogP) is 3.64. The van der Waals surface area contributed by atoms with Crippen molar-refractivity contribution in [3.8, 4) is 0 Å². The summed E-state index contributed by atoms with van der Waals surface area (Å²) < 4.78 is 0. The molecule has 1 aliphatic rings. The van der Waals surface area contributed by atoms with Crippen LogP contribution in [0.5, 0.6) is 0 Å². The summed E-state index contributed by atoms with van der Waals surface area (Å²) in [7, 11) is 1.91. The summed E-state index contributed by atoms with van der Waals surface area (Å²) in [6, 6.07) is 10.3. The Bertz CT molecular complexity index is 730. The molecule has 5 nitrogen and oxygen atoms in total. The van der Waals surface area contributed by atoms with Crippen LogP contribution in [0.1, 0.15) is 10.4 Å². The van der Waals surface area contributed by atoms with Crippen molar-refractivity contribution in [3.63, 3.8) is 0 Å². The number of carbonyl (C=O) groups excluding carboxylic acids is 1. The number of carbonyl (C=O) groups is 1. The molecular formula is C14H10N2O3S. The summed E-state index contributed by atoms with van der Waals surface area (Å²) in [5.74, 6) is 0. The summed E-state index contributed by atoms with van der Waals surface area (Å²) in [6.07, 6.45) is 0.795. The van der Waals surface area contributed by atoms with Gasteiger partial charge in [-0.15, -0.1) is 0 Å². The third-order valence-corrected chi connectivity index (χ3v) is 4.31. The van der Waals surface area contributed by atoms with Gasteiger partial charge >= 0.3 is 0 Å². The van der Waals surface area contributed by atoms with Crippen LogP contribution in [0.3, 0.4) is 0 Å². The number of nitro groups is 1. The molecule has 0 amide bonds. The molecule has 0 bridgehead atoms. The van der Waals surface area contributed by atoms with Crippen molar-refractivity contribution in [2.24, 2.45) is 0 Å². The second-order valence-electron chi connectivity index (χ2n) is 4.42. The fourth-order valence-corrected chi connectivity index (χ4v) is 3.42. The highest BCUT2D eigenvalue weighted by Crippen LogP contribution is 2.48. The van der Waals surface area contributed by atoms with E-state index in [0.717, 1.165) is 27.5 Å². The molecule has 0 fully saturated rings. The van der Waals surface area contributed by atoms with Gasteiger partial charge < -0.3 is 4.90 Å². The van der Waals surface area contributed by atoms with E-state index in [1.807, 2.05) is 18.0 Å². The Morgan fingerprint density at radius 3 is 2.45 bits per heavy atom. The second kappa shape index (κ2) is 4.64. The van der Waals surface area contributed by atoms with Crippen LogP contribution in [-0.4, -0.2) is 18.3 Å². The van der Waals surface area contributed by atoms with Crippen LogP contribution >= 0.6 is 11.8 Å². The molecule has 0 atom stereocenters. The van der Waals surface area contributed by atoms with E-state index < -0.39 is 4.92 Å². The minimum atomic E-state index is -0.405. The van der Waals surface area contributed by atoms with Crippen LogP contribution in [0, 0.1) is 10.1 Å². The van der Waals surface area contributed by atoms with Crippen molar-refractivity contribution >= 4 is 35.1 Å². The van der Waals surface area contributed by atoms with Gasteiger partial charge in [0.2, 0.25) is 0 Å². The SMILES string of the molecule is CN1c2ccc(C=O)cc2Sc2cc([N+](=O)[O-])ccc21. The van der Waals surface area contributed by atoms with E-state index in [2.05, 4.69) is 0 Å². The zero-order chi connectivity index (χ0) is 14.3. The van der Waals surface area contributed by atoms with E-state index >= 15 is 0 Å². The first kappa shape index (κ1) is 12.7. The molecule has 0 radical (unpaired) electrons. The molecule has 0 saturated carbocycles. The van der Waals surface area contributed by atoms with E-state index in [1.165, 1.54) is 17.8 Å². The molecule has 0 N–H and O–H groups in total. The smallest absolute Gasteiger partial charge is 0.270 e. The normalized spacial score (nSPS) is 12.6. The van der Waals surface area contributed by atoms with Gasteiger partial charge in [-0.25, -0.2) is 0 Å². The Labute approximate surface area is 119 Å². The number of nitrogens with zero attached hydrogens (tertiary/aromatic N) is 2. The zero-order valence-electron chi connectivity index (χ0n) is 10.6. The molecule has 6 heteroatoms. The van der Waals surface area contributed by atoms with Gasteiger partial charge in [-0.1, -0.05) is 11.8 Å². The number of nitro benzene ring substituents is 1. The lowest BCUT2D eigenvalue weighted by Gasteiger charge is -2.29. The van der Waals surface area contributed by atoms with Gasteiger partial charge in [0.05, 0.1) is 16.3 Å². The van der Waals surface area contributed by atoms with E-state index in [0.29, 0.717) is 5.56 Å². The first-order valence-electron chi connectivity index (χ1n) is 5.89. The number of hydrogen-bond donors (Lipinski definition) is 0. The monoisotopic (exact) mass is 286 g/mol. The number of benzene rings is 2. The Hall–Kier alpha value is -2.34. The molecule has 0 saturated heterocycles. The van der Waals surface area contributed by atoms with Gasteiger partial charge in [0.15, 0.2) is 0 Å². The first-order valence-corrected chi connectivity index (χ1v) is 6.71. The van der Waals surface area contributed by atoms with Crippen LogP contribution in [-0.2, 0) is 0 Å². The number of fused-ring (bicyclic) bond motifs is 2. The lowest BCUT2D eigenvalue weighted by Crippen LogP contribution is -2.14. The molecule has 2 aromatic carbocycles. The highest BCUT2D eigenvalue weighted by molar-refractivity contribution is 7.99. The minimum absolute atomic E-state index is 0.0691. The topological polar surface area (TPSA) is 63.5 Å². The highest BCUT2D eigenvalue weighted by Gasteiger charge is 2.23. The van der Waals surface area contributed by atoms with Crippen molar-refractivity contribution < 1.29 is 9.72 Å². The number of hydrogen-bond acceptors (Lipinski definition) is 5. The van der Waals surface area contributed by atoms with Crippen LogP contribution in [0.15, 0.2) is 46.2 Å². The summed E-state index contributed by atoms with van der Waals surface area (Å²) in [6.45, 7) is 0. The van der Waals surface area contributed by atoms with Crippen LogP contribution in [0.25, 0.3) is 0 Å². The number of anilines is 2. The van der Waals surface area contributed by atoms with Gasteiger partial charge in [-0.2, -0.15) is 0 Å². The van der Waals surface area contributed by atoms with Crippen molar-refractivity contribution in [1.29, 1.82) is 0 Å². The number of rotatable bonds is 2. The molecule has 0 aromatic heterocycles. The van der Waals surface area contributed by atoms with E-state index in [-0.39, 0.29) is 5.69 Å². The predicted molar refractivity (Wildman–Crippen MR) is 77.1 cm³/mol. The largest absolute Gasteiger partial charge is 0.343 e. The average molecular weight is 286 g/mol. The molecule has 0 aliphatic carbocycles. The van der Waals surface area contributed by atoms with Gasteiger partial charge in [0.1, 0.15) is 6.29 Å². The molecule has 3 rings (SSSR count). The van der Waals surface area contributed by atoms with Crippen LogP contribution in [0.4, 0.5) is 17.1 Å². The fraction of sp³-hybridized carbons (Fsp3) is 0.0714. The Balaban J connectivity index is 2.12. The summed E-state index contributed by atoms with van der Waals surface area (Å²) in [4.78, 5) is 25.0. The zero-order valence-corrected chi connectivity index (χ0v) is 11.4. The molecule has 2 aromatic rings. The molecule has 100 valence electrons. The Morgan fingerprint density at radius 2 is 1.80 bits per heavy atom. The summed E-state index contributed by atoms with van der Waals surface area (Å²) in [5, 5.41) is 10.9. The Kier molecular flexibility index (Phi) is 2.94. The van der Waals surface area contributed by atoms with Crippen molar-refractivity contribution in [3.05, 3.63) is 52.1 Å². The molecule has 20 heavy (non-hydrogen) atoms. The van der Waals surface area contributed by atoms with Gasteiger partial charge in [-0.3, -0.25) is 14.9 Å². The lowest BCUT2D eigenvalue weighted by molar-refractivity contribution is -0.385. The van der Waals surface area contributed by atoms with Crippen LogP contribution in [0.2, 0.25) is 0 Å².